The van der Waals surface area contributed by atoms with Crippen LogP contribution in [0, 0.1) is 0 Å². The van der Waals surface area contributed by atoms with Crippen LogP contribution >= 0.6 is 23.2 Å². The number of rotatable bonds is 5. The third-order valence-corrected chi connectivity index (χ3v) is 4.29. The second kappa shape index (κ2) is 8.32. The number of anilines is 1. The van der Waals surface area contributed by atoms with Gasteiger partial charge in [0, 0.05) is 5.02 Å². The summed E-state index contributed by atoms with van der Waals surface area (Å²) < 4.78 is 4.61. The number of ether oxygens (including phenoxy) is 1. The number of methoxy groups -OCH3 is 1. The third-order valence-electron chi connectivity index (χ3n) is 3.75. The molecule has 7 nitrogen and oxygen atoms in total. The van der Waals surface area contributed by atoms with Crippen molar-refractivity contribution in [3.63, 3.8) is 0 Å². The molecular weight excluding hydrogens is 357 g/mol. The van der Waals surface area contributed by atoms with E-state index in [0.29, 0.717) is 33.7 Å². The molecule has 1 aliphatic heterocycles. The van der Waals surface area contributed by atoms with E-state index in [9.17, 15) is 14.4 Å². The highest BCUT2D eigenvalue weighted by Gasteiger charge is 2.36. The Morgan fingerprint density at radius 1 is 1.42 bits per heavy atom. The lowest BCUT2D eigenvalue weighted by molar-refractivity contribution is -0.909. The van der Waals surface area contributed by atoms with Gasteiger partial charge in [0.05, 0.1) is 30.9 Å². The van der Waals surface area contributed by atoms with Crippen LogP contribution in [0.2, 0.25) is 10.0 Å². The van der Waals surface area contributed by atoms with Gasteiger partial charge >= 0.3 is 5.97 Å². The molecule has 1 aliphatic rings. The lowest BCUT2D eigenvalue weighted by Crippen LogP contribution is -3.20. The minimum Gasteiger partial charge on any atom is -0.469 e. The quantitative estimate of drug-likeness (QED) is 0.626. The number of hydrogen-bond donors (Lipinski definition) is 3. The van der Waals surface area contributed by atoms with Crippen LogP contribution in [0.25, 0.3) is 0 Å². The molecule has 0 spiro atoms. The third kappa shape index (κ3) is 4.83. The van der Waals surface area contributed by atoms with Crippen molar-refractivity contribution in [2.24, 2.45) is 0 Å². The maximum Gasteiger partial charge on any atom is 0.312 e. The SMILES string of the molecule is COC(=O)C[C@H]1C(=O)NCC[NH+]1CC(=O)Nc1ccc(Cl)cc1Cl. The highest BCUT2D eigenvalue weighted by molar-refractivity contribution is 6.36. The van der Waals surface area contributed by atoms with Crippen molar-refractivity contribution in [3.8, 4) is 0 Å². The second-order valence-electron chi connectivity index (χ2n) is 5.38. The molecule has 1 saturated heterocycles. The number of halogens is 2. The molecule has 0 aromatic heterocycles. The van der Waals surface area contributed by atoms with Gasteiger partial charge in [0.2, 0.25) is 0 Å². The first-order valence-corrected chi connectivity index (χ1v) is 8.10. The summed E-state index contributed by atoms with van der Waals surface area (Å²) in [6.07, 6.45) is -0.0767. The van der Waals surface area contributed by atoms with Crippen LogP contribution in [0.15, 0.2) is 18.2 Å². The van der Waals surface area contributed by atoms with Crippen LogP contribution in [0.3, 0.4) is 0 Å². The Hall–Kier alpha value is -1.83. The minimum atomic E-state index is -0.655. The molecule has 3 N–H and O–H groups in total. The van der Waals surface area contributed by atoms with Crippen LogP contribution in [0.1, 0.15) is 6.42 Å². The average Bonchev–Trinajstić information content (AvgIpc) is 2.53. The highest BCUT2D eigenvalue weighted by atomic mass is 35.5. The van der Waals surface area contributed by atoms with Crippen molar-refractivity contribution in [3.05, 3.63) is 28.2 Å². The van der Waals surface area contributed by atoms with Gasteiger partial charge in [0.25, 0.3) is 11.8 Å². The molecule has 0 aliphatic carbocycles. The van der Waals surface area contributed by atoms with Crippen molar-refractivity contribution in [2.75, 3.05) is 32.1 Å². The predicted octanol–water partition coefficient (Wildman–Crippen LogP) is -0.122. The van der Waals surface area contributed by atoms with Crippen molar-refractivity contribution in [2.45, 2.75) is 12.5 Å². The van der Waals surface area contributed by atoms with E-state index in [0.717, 1.165) is 0 Å². The molecule has 0 bridgehead atoms. The largest absolute Gasteiger partial charge is 0.469 e. The van der Waals surface area contributed by atoms with E-state index in [1.54, 1.807) is 12.1 Å². The van der Waals surface area contributed by atoms with E-state index in [1.807, 2.05) is 0 Å². The lowest BCUT2D eigenvalue weighted by Gasteiger charge is -2.30. The fourth-order valence-corrected chi connectivity index (χ4v) is 2.97. The summed E-state index contributed by atoms with van der Waals surface area (Å²) in [5.41, 5.74) is 0.441. The zero-order valence-corrected chi connectivity index (χ0v) is 14.5. The molecule has 0 saturated carbocycles. The second-order valence-corrected chi connectivity index (χ2v) is 6.22. The summed E-state index contributed by atoms with van der Waals surface area (Å²) in [4.78, 5) is 36.4. The summed E-state index contributed by atoms with van der Waals surface area (Å²) in [5.74, 6) is -1.06. The number of piperazine rings is 1. The van der Waals surface area contributed by atoms with E-state index in [4.69, 9.17) is 23.2 Å². The van der Waals surface area contributed by atoms with E-state index >= 15 is 0 Å². The molecule has 24 heavy (non-hydrogen) atoms. The van der Waals surface area contributed by atoms with Crippen LogP contribution in [0.5, 0.6) is 0 Å². The van der Waals surface area contributed by atoms with Crippen molar-refractivity contribution < 1.29 is 24.0 Å². The molecule has 2 atom stereocenters. The van der Waals surface area contributed by atoms with Crippen molar-refractivity contribution in [1.82, 2.24) is 5.32 Å². The van der Waals surface area contributed by atoms with Gasteiger partial charge in [-0.3, -0.25) is 14.4 Å². The number of esters is 1. The number of hydrogen-bond acceptors (Lipinski definition) is 4. The highest BCUT2D eigenvalue weighted by Crippen LogP contribution is 2.25. The molecule has 1 aromatic carbocycles. The number of carbonyl (C=O) groups excluding carboxylic acids is 3. The monoisotopic (exact) mass is 374 g/mol. The summed E-state index contributed by atoms with van der Waals surface area (Å²) >= 11 is 11.8. The molecule has 130 valence electrons. The first-order chi connectivity index (χ1) is 11.4. The molecule has 9 heteroatoms. The summed E-state index contributed by atoms with van der Waals surface area (Å²) in [6.45, 7) is 1.02. The van der Waals surface area contributed by atoms with Gasteiger partial charge in [-0.1, -0.05) is 23.2 Å². The maximum absolute atomic E-state index is 12.3. The molecule has 1 unspecified atom stereocenters. The zero-order valence-electron chi connectivity index (χ0n) is 13.0. The van der Waals surface area contributed by atoms with Crippen LogP contribution in [-0.2, 0) is 19.1 Å². The topological polar surface area (TPSA) is 88.9 Å². The van der Waals surface area contributed by atoms with E-state index < -0.39 is 12.0 Å². The Bertz CT molecular complexity index is 654. The standard InChI is InChI=1S/C15H17Cl2N3O4/c1-24-14(22)7-12-15(23)18-4-5-20(12)8-13(21)19-11-3-2-9(16)6-10(11)17/h2-3,6,12H,4-5,7-8H2,1H3,(H,18,23)(H,19,21)/p+1/t12-/m0/s1. The van der Waals surface area contributed by atoms with Gasteiger partial charge < -0.3 is 20.3 Å². The Morgan fingerprint density at radius 3 is 2.83 bits per heavy atom. The van der Waals surface area contributed by atoms with Gasteiger partial charge in [0.1, 0.15) is 6.42 Å². The summed E-state index contributed by atoms with van der Waals surface area (Å²) in [6, 6.07) is 4.09. The Kier molecular flexibility index (Phi) is 6.42. The fraction of sp³-hybridized carbons (Fsp3) is 0.400. The zero-order chi connectivity index (χ0) is 17.7. The number of nitrogens with one attached hydrogen (secondary N) is 3. The molecule has 1 aromatic rings. The molecule has 2 rings (SSSR count). The Morgan fingerprint density at radius 2 is 2.17 bits per heavy atom. The van der Waals surface area contributed by atoms with Crippen molar-refractivity contribution in [1.29, 1.82) is 0 Å². The van der Waals surface area contributed by atoms with Crippen LogP contribution < -0.4 is 15.5 Å². The number of amides is 2. The fourth-order valence-electron chi connectivity index (χ4n) is 2.52. The first-order valence-electron chi connectivity index (χ1n) is 7.34. The summed E-state index contributed by atoms with van der Waals surface area (Å²) in [5, 5.41) is 6.18. The average molecular weight is 375 g/mol. The van der Waals surface area contributed by atoms with Crippen molar-refractivity contribution >= 4 is 46.7 Å². The predicted molar refractivity (Wildman–Crippen MR) is 89.2 cm³/mol. The van der Waals surface area contributed by atoms with Crippen LogP contribution in [-0.4, -0.2) is 50.6 Å². The lowest BCUT2D eigenvalue weighted by atomic mass is 10.1. The van der Waals surface area contributed by atoms with Crippen LogP contribution in [0.4, 0.5) is 5.69 Å². The Labute approximate surface area is 149 Å². The van der Waals surface area contributed by atoms with Gasteiger partial charge in [-0.25, -0.2) is 0 Å². The van der Waals surface area contributed by atoms with Gasteiger partial charge in [0.15, 0.2) is 12.6 Å². The van der Waals surface area contributed by atoms with E-state index in [2.05, 4.69) is 15.4 Å². The number of benzene rings is 1. The Balaban J connectivity index is 2.02. The summed E-state index contributed by atoms with van der Waals surface area (Å²) in [7, 11) is 1.26. The van der Waals surface area contributed by atoms with Gasteiger partial charge in [-0.2, -0.15) is 0 Å². The minimum absolute atomic E-state index is 0.0358. The van der Waals surface area contributed by atoms with Gasteiger partial charge in [-0.05, 0) is 18.2 Å². The normalized spacial score (nSPS) is 20.2. The van der Waals surface area contributed by atoms with Gasteiger partial charge in [-0.15, -0.1) is 0 Å². The number of carbonyl (C=O) groups is 3. The molecular formula is C15H18Cl2N3O4+. The van der Waals surface area contributed by atoms with E-state index in [-0.39, 0.29) is 24.8 Å². The molecule has 0 radical (unpaired) electrons. The smallest absolute Gasteiger partial charge is 0.312 e. The molecule has 1 fully saturated rings. The number of quaternary nitrogens is 1. The molecule has 1 heterocycles. The maximum atomic E-state index is 12.3. The van der Waals surface area contributed by atoms with E-state index in [1.165, 1.54) is 13.2 Å². The first kappa shape index (κ1) is 18.5. The molecule has 2 amide bonds.